The van der Waals surface area contributed by atoms with Gasteiger partial charge in [0, 0.05) is 17.8 Å². The summed E-state index contributed by atoms with van der Waals surface area (Å²) >= 11 is 1.29. The van der Waals surface area contributed by atoms with Crippen LogP contribution in [-0.4, -0.2) is 28.4 Å². The molecule has 3 aromatic rings. The first kappa shape index (κ1) is 17.8. The average Bonchev–Trinajstić information content (AvgIpc) is 3.17. The number of aromatic nitrogens is 2. The van der Waals surface area contributed by atoms with Crippen molar-refractivity contribution >= 4 is 23.4 Å². The van der Waals surface area contributed by atoms with Crippen molar-refractivity contribution in [3.8, 4) is 11.5 Å². The van der Waals surface area contributed by atoms with Crippen LogP contribution in [0.4, 0.5) is 5.69 Å². The monoisotopic (exact) mass is 379 g/mol. The van der Waals surface area contributed by atoms with Gasteiger partial charge in [0.1, 0.15) is 0 Å². The van der Waals surface area contributed by atoms with Crippen molar-refractivity contribution in [2.45, 2.75) is 31.9 Å². The van der Waals surface area contributed by atoms with E-state index < -0.39 is 0 Å². The summed E-state index contributed by atoms with van der Waals surface area (Å²) < 4.78 is 5.74. The highest BCUT2D eigenvalue weighted by atomic mass is 32.2. The van der Waals surface area contributed by atoms with Gasteiger partial charge in [-0.2, -0.15) is 0 Å². The van der Waals surface area contributed by atoms with Gasteiger partial charge >= 0.3 is 0 Å². The van der Waals surface area contributed by atoms with Gasteiger partial charge in [-0.1, -0.05) is 36.0 Å². The minimum Gasteiger partial charge on any atom is -0.411 e. The molecule has 1 amide bonds. The molecule has 0 unspecified atom stereocenters. The summed E-state index contributed by atoms with van der Waals surface area (Å²) in [5.74, 6) is 0.831. The molecule has 6 heteroatoms. The van der Waals surface area contributed by atoms with Gasteiger partial charge in [-0.05, 0) is 61.6 Å². The highest BCUT2D eigenvalue weighted by Crippen LogP contribution is 2.29. The smallest absolute Gasteiger partial charge is 0.277 e. The summed E-state index contributed by atoms with van der Waals surface area (Å²) in [4.78, 5) is 14.6. The maximum Gasteiger partial charge on any atom is 0.277 e. The standard InChI is InChI=1S/C21H21N3O2S/c1-14-9-10-17(12-15(14)2)20-22-23-21(26-20)27-13-19(25)24-11-5-7-16-6-3-4-8-18(16)24/h3-4,6,8-10,12H,5,7,11,13H2,1-2H3. The van der Waals surface area contributed by atoms with Crippen LogP contribution in [0.15, 0.2) is 52.1 Å². The number of carbonyl (C=O) groups is 1. The Morgan fingerprint density at radius 1 is 1.15 bits per heavy atom. The molecule has 0 spiro atoms. The number of amides is 1. The number of para-hydroxylation sites is 1. The second kappa shape index (κ2) is 7.56. The van der Waals surface area contributed by atoms with Crippen LogP contribution in [0.5, 0.6) is 0 Å². The van der Waals surface area contributed by atoms with E-state index in [1.807, 2.05) is 41.3 Å². The number of benzene rings is 2. The van der Waals surface area contributed by atoms with E-state index >= 15 is 0 Å². The average molecular weight is 379 g/mol. The number of carbonyl (C=O) groups excluding carboxylic acids is 1. The van der Waals surface area contributed by atoms with E-state index in [0.717, 1.165) is 30.6 Å². The third-order valence-corrected chi connectivity index (χ3v) is 5.69. The molecule has 1 aromatic heterocycles. The number of fused-ring (bicyclic) bond motifs is 1. The SMILES string of the molecule is Cc1ccc(-c2nnc(SCC(=O)N3CCCc4ccccc43)o2)cc1C. The fourth-order valence-electron chi connectivity index (χ4n) is 3.25. The van der Waals surface area contributed by atoms with E-state index in [0.29, 0.717) is 11.1 Å². The topological polar surface area (TPSA) is 59.2 Å². The Morgan fingerprint density at radius 3 is 2.85 bits per heavy atom. The predicted octanol–water partition coefficient (Wildman–Crippen LogP) is 4.42. The summed E-state index contributed by atoms with van der Waals surface area (Å²) in [7, 11) is 0. The number of hydrogen-bond donors (Lipinski definition) is 0. The molecule has 0 bridgehead atoms. The first-order valence-corrected chi connectivity index (χ1v) is 10.0. The molecular formula is C21H21N3O2S. The zero-order valence-electron chi connectivity index (χ0n) is 15.4. The lowest BCUT2D eigenvalue weighted by Crippen LogP contribution is -2.36. The Bertz CT molecular complexity index is 983. The molecular weight excluding hydrogens is 358 g/mol. The van der Waals surface area contributed by atoms with E-state index in [1.54, 1.807) is 0 Å². The van der Waals surface area contributed by atoms with E-state index in [2.05, 4.69) is 30.1 Å². The van der Waals surface area contributed by atoms with Gasteiger partial charge in [0.05, 0.1) is 5.75 Å². The first-order valence-electron chi connectivity index (χ1n) is 9.04. The molecule has 1 aliphatic rings. The van der Waals surface area contributed by atoms with Crippen LogP contribution < -0.4 is 4.90 Å². The fourth-order valence-corrected chi connectivity index (χ4v) is 3.89. The van der Waals surface area contributed by atoms with E-state index in [9.17, 15) is 4.79 Å². The zero-order valence-corrected chi connectivity index (χ0v) is 16.3. The molecule has 1 aliphatic heterocycles. The summed E-state index contributed by atoms with van der Waals surface area (Å²) in [5.41, 5.74) is 5.56. The lowest BCUT2D eigenvalue weighted by molar-refractivity contribution is -0.116. The summed E-state index contributed by atoms with van der Waals surface area (Å²) in [5, 5.41) is 8.62. The van der Waals surface area contributed by atoms with Crippen molar-refractivity contribution < 1.29 is 9.21 Å². The summed E-state index contributed by atoms with van der Waals surface area (Å²) in [6.45, 7) is 4.88. The normalized spacial score (nSPS) is 13.5. The molecule has 5 nitrogen and oxygen atoms in total. The van der Waals surface area contributed by atoms with E-state index in [-0.39, 0.29) is 11.7 Å². The Morgan fingerprint density at radius 2 is 2.00 bits per heavy atom. The zero-order chi connectivity index (χ0) is 18.8. The number of rotatable bonds is 4. The Kier molecular flexibility index (Phi) is 4.99. The number of thioether (sulfide) groups is 1. The van der Waals surface area contributed by atoms with Gasteiger partial charge in [0.25, 0.3) is 5.22 Å². The van der Waals surface area contributed by atoms with Crippen molar-refractivity contribution in [1.29, 1.82) is 0 Å². The Balaban J connectivity index is 1.43. The van der Waals surface area contributed by atoms with Crippen LogP contribution in [0.2, 0.25) is 0 Å². The summed E-state index contributed by atoms with van der Waals surface area (Å²) in [6.07, 6.45) is 2.01. The van der Waals surface area contributed by atoms with Gasteiger partial charge in [0.15, 0.2) is 0 Å². The van der Waals surface area contributed by atoms with Crippen LogP contribution in [0, 0.1) is 13.8 Å². The molecule has 0 atom stereocenters. The molecule has 0 saturated heterocycles. The molecule has 0 N–H and O–H groups in total. The molecule has 138 valence electrons. The summed E-state index contributed by atoms with van der Waals surface area (Å²) in [6, 6.07) is 14.2. The van der Waals surface area contributed by atoms with Crippen LogP contribution in [0.1, 0.15) is 23.1 Å². The second-order valence-corrected chi connectivity index (χ2v) is 7.67. The van der Waals surface area contributed by atoms with Crippen LogP contribution in [0.25, 0.3) is 11.5 Å². The van der Waals surface area contributed by atoms with E-state index in [1.165, 1.54) is 28.5 Å². The first-order chi connectivity index (χ1) is 13.1. The van der Waals surface area contributed by atoms with Crippen molar-refractivity contribution in [3.63, 3.8) is 0 Å². The van der Waals surface area contributed by atoms with Crippen molar-refractivity contribution in [1.82, 2.24) is 10.2 Å². The second-order valence-electron chi connectivity index (χ2n) is 6.74. The maximum absolute atomic E-state index is 12.7. The molecule has 27 heavy (non-hydrogen) atoms. The lowest BCUT2D eigenvalue weighted by atomic mass is 10.0. The molecule has 0 aliphatic carbocycles. The van der Waals surface area contributed by atoms with Gasteiger partial charge in [0.2, 0.25) is 11.8 Å². The number of hydrogen-bond acceptors (Lipinski definition) is 5. The van der Waals surface area contributed by atoms with Gasteiger partial charge in [-0.3, -0.25) is 4.79 Å². The largest absolute Gasteiger partial charge is 0.411 e. The molecule has 2 heterocycles. The third-order valence-electron chi connectivity index (χ3n) is 4.89. The maximum atomic E-state index is 12.7. The molecule has 0 saturated carbocycles. The molecule has 0 fully saturated rings. The number of anilines is 1. The minimum atomic E-state index is 0.0677. The minimum absolute atomic E-state index is 0.0677. The van der Waals surface area contributed by atoms with Crippen molar-refractivity contribution in [2.24, 2.45) is 0 Å². The van der Waals surface area contributed by atoms with Gasteiger partial charge in [-0.25, -0.2) is 0 Å². The van der Waals surface area contributed by atoms with Gasteiger partial charge in [-0.15, -0.1) is 10.2 Å². The highest BCUT2D eigenvalue weighted by molar-refractivity contribution is 7.99. The Hall–Kier alpha value is -2.60. The van der Waals surface area contributed by atoms with Crippen LogP contribution >= 0.6 is 11.8 Å². The fraction of sp³-hybridized carbons (Fsp3) is 0.286. The van der Waals surface area contributed by atoms with E-state index in [4.69, 9.17) is 4.42 Å². The van der Waals surface area contributed by atoms with Gasteiger partial charge < -0.3 is 9.32 Å². The van der Waals surface area contributed by atoms with Crippen molar-refractivity contribution in [3.05, 3.63) is 59.2 Å². The highest BCUT2D eigenvalue weighted by Gasteiger charge is 2.22. The third kappa shape index (κ3) is 3.76. The number of nitrogens with zero attached hydrogens (tertiary/aromatic N) is 3. The van der Waals surface area contributed by atoms with Crippen molar-refractivity contribution in [2.75, 3.05) is 17.2 Å². The molecule has 4 rings (SSSR count). The lowest BCUT2D eigenvalue weighted by Gasteiger charge is -2.29. The Labute approximate surface area is 162 Å². The molecule has 0 radical (unpaired) electrons. The van der Waals surface area contributed by atoms with Crippen LogP contribution in [-0.2, 0) is 11.2 Å². The quantitative estimate of drug-likeness (QED) is 0.628. The van der Waals surface area contributed by atoms with Crippen LogP contribution in [0.3, 0.4) is 0 Å². The predicted molar refractivity (Wildman–Crippen MR) is 107 cm³/mol. The molecule has 2 aromatic carbocycles. The number of aryl methyl sites for hydroxylation is 3.